The fourth-order valence-electron chi connectivity index (χ4n) is 8.30. The summed E-state index contributed by atoms with van der Waals surface area (Å²) < 4.78 is 0. The third-order valence-electron chi connectivity index (χ3n) is 12.3. The monoisotopic (exact) mass is 1090 g/mol. The van der Waals surface area contributed by atoms with Crippen molar-refractivity contribution in [2.75, 3.05) is 115 Å². The first-order chi connectivity index (χ1) is 36.6. The lowest BCUT2D eigenvalue weighted by molar-refractivity contribution is -0.142. The highest BCUT2D eigenvalue weighted by Crippen LogP contribution is 2.20. The molecule has 3 atom stereocenters. The molecule has 77 heavy (non-hydrogen) atoms. The SMILES string of the molecule is CN(C)c1nc(NCCCCCCCC(=O)NCCCC[C@H](NC(=O)N[C@@H](CCC(O)O)C(=O)O)C(=O)O)nc(Nc2ccc(CC3CN(CC(=O)O)CCN(CC(=O)O)CCN(CC(=O)O)CCN3CC(=O)O)cc2)n1. The first-order valence-corrected chi connectivity index (χ1v) is 25.5. The van der Waals surface area contributed by atoms with E-state index in [9.17, 15) is 69.0 Å². The normalized spacial score (nSPS) is 16.0. The van der Waals surface area contributed by atoms with Gasteiger partial charge in [-0.1, -0.05) is 31.4 Å². The van der Waals surface area contributed by atoms with E-state index in [0.29, 0.717) is 62.8 Å². The van der Waals surface area contributed by atoms with Crippen molar-refractivity contribution in [3.8, 4) is 0 Å². The van der Waals surface area contributed by atoms with Crippen LogP contribution in [-0.4, -0.2) is 247 Å². The molecule has 1 aliphatic heterocycles. The van der Waals surface area contributed by atoms with Gasteiger partial charge < -0.3 is 72.3 Å². The van der Waals surface area contributed by atoms with Gasteiger partial charge in [0.05, 0.1) is 26.2 Å². The van der Waals surface area contributed by atoms with Gasteiger partial charge in [-0.2, -0.15) is 15.0 Å². The number of hydrogen-bond donors (Lipinski definition) is 13. The highest BCUT2D eigenvalue weighted by atomic mass is 16.5. The van der Waals surface area contributed by atoms with Crippen molar-refractivity contribution in [1.29, 1.82) is 0 Å². The summed E-state index contributed by atoms with van der Waals surface area (Å²) in [6, 6.07) is 3.00. The van der Waals surface area contributed by atoms with Crippen LogP contribution >= 0.6 is 0 Å². The molecular formula is C48H77N13O16. The lowest BCUT2D eigenvalue weighted by atomic mass is 10.0. The largest absolute Gasteiger partial charge is 0.480 e. The molecule has 3 rings (SSSR count). The molecule has 0 spiro atoms. The van der Waals surface area contributed by atoms with Crippen LogP contribution in [0.15, 0.2) is 24.3 Å². The summed E-state index contributed by atoms with van der Waals surface area (Å²) in [5.74, 6) is -6.23. The van der Waals surface area contributed by atoms with Gasteiger partial charge in [-0.05, 0) is 62.6 Å². The Morgan fingerprint density at radius 1 is 0.597 bits per heavy atom. The van der Waals surface area contributed by atoms with E-state index in [1.165, 1.54) is 0 Å². The number of urea groups is 1. The van der Waals surface area contributed by atoms with Crippen molar-refractivity contribution < 1.29 is 79.2 Å². The molecule has 430 valence electrons. The molecule has 13 N–H and O–H groups in total. The molecule has 0 radical (unpaired) electrons. The number of nitrogens with one attached hydrogen (secondary N) is 5. The summed E-state index contributed by atoms with van der Waals surface area (Å²) in [6.07, 6.45) is 3.14. The Balaban J connectivity index is 1.50. The van der Waals surface area contributed by atoms with E-state index < -0.39 is 66.3 Å². The first-order valence-electron chi connectivity index (χ1n) is 25.5. The topological polar surface area (TPSA) is 413 Å². The number of benzene rings is 1. The molecule has 1 unspecified atom stereocenters. The molecule has 1 saturated heterocycles. The minimum absolute atomic E-state index is 0.0324. The maximum Gasteiger partial charge on any atom is 0.326 e. The lowest BCUT2D eigenvalue weighted by Gasteiger charge is -2.37. The summed E-state index contributed by atoms with van der Waals surface area (Å²) in [5.41, 5.74) is 1.44. The average Bonchev–Trinajstić information content (AvgIpc) is 3.34. The van der Waals surface area contributed by atoms with E-state index in [4.69, 9.17) is 10.2 Å². The molecule has 2 aromatic rings. The van der Waals surface area contributed by atoms with E-state index in [2.05, 4.69) is 41.5 Å². The van der Waals surface area contributed by atoms with E-state index in [-0.39, 0.29) is 103 Å². The Morgan fingerprint density at radius 3 is 1.69 bits per heavy atom. The van der Waals surface area contributed by atoms with Gasteiger partial charge in [0.1, 0.15) is 12.1 Å². The number of aliphatic hydroxyl groups is 2. The molecule has 3 amide bonds. The van der Waals surface area contributed by atoms with Gasteiger partial charge in [0.2, 0.25) is 23.8 Å². The van der Waals surface area contributed by atoms with E-state index in [0.717, 1.165) is 31.2 Å². The molecule has 0 aliphatic carbocycles. The number of amides is 3. The Bertz CT molecular complexity index is 2210. The second-order valence-electron chi connectivity index (χ2n) is 18.9. The maximum absolute atomic E-state index is 12.4. The van der Waals surface area contributed by atoms with Crippen molar-refractivity contribution in [2.24, 2.45) is 0 Å². The Morgan fingerprint density at radius 2 is 1.12 bits per heavy atom. The number of hydrogen-bond acceptors (Lipinski definition) is 20. The maximum atomic E-state index is 12.4. The van der Waals surface area contributed by atoms with Crippen LogP contribution in [0.2, 0.25) is 0 Å². The molecule has 29 nitrogen and oxygen atoms in total. The van der Waals surface area contributed by atoms with Gasteiger partial charge in [0, 0.05) is 97.6 Å². The summed E-state index contributed by atoms with van der Waals surface area (Å²) in [5, 5.41) is 89.2. The fraction of sp³-hybridized carbons (Fsp3) is 0.646. The zero-order chi connectivity index (χ0) is 56.9. The standard InChI is InChI=1S/C48H77N13O16/c1-57(2)47-55-45(50-19-8-5-3-4-6-11-37(62)49-18-9-7-10-35(43(73)74)52-48(77)53-36(44(75)76)16-17-38(63)64)54-46(56-47)51-33-14-12-32(13-15-33)26-34-27-60(30-41(69)70)23-22-58(28-39(65)66)20-21-59(29-40(67)68)24-25-61(34)31-42(71)72/h12-15,34-36,38,63-64H,3-11,16-31H2,1-2H3,(H,49,62)(H,65,66)(H,67,68)(H,69,70)(H,71,72)(H,73,74)(H,75,76)(H2,52,53,77)(H2,50,51,54,55,56)/t34?,35-,36-/m0/s1. The number of anilines is 4. The van der Waals surface area contributed by atoms with Crippen LogP contribution in [0.5, 0.6) is 0 Å². The quantitative estimate of drug-likeness (QED) is 0.0310. The summed E-state index contributed by atoms with van der Waals surface area (Å²) in [7, 11) is 3.59. The van der Waals surface area contributed by atoms with Crippen LogP contribution in [0, 0.1) is 0 Å². The number of aliphatic hydroxyl groups excluding tert-OH is 1. The summed E-state index contributed by atoms with van der Waals surface area (Å²) in [4.78, 5) is 117. The van der Waals surface area contributed by atoms with Gasteiger partial charge in [0.15, 0.2) is 6.29 Å². The Hall–Kier alpha value is -7.05. The average molecular weight is 1090 g/mol. The van der Waals surface area contributed by atoms with Crippen molar-refractivity contribution in [3.63, 3.8) is 0 Å². The highest BCUT2D eigenvalue weighted by molar-refractivity contribution is 5.86. The molecule has 29 heteroatoms. The van der Waals surface area contributed by atoms with Gasteiger partial charge in [-0.3, -0.25) is 43.6 Å². The molecule has 1 aromatic carbocycles. The number of aromatic nitrogens is 3. The highest BCUT2D eigenvalue weighted by Gasteiger charge is 2.29. The van der Waals surface area contributed by atoms with Crippen LogP contribution < -0.4 is 31.5 Å². The predicted octanol–water partition coefficient (Wildman–Crippen LogP) is -0.512. The van der Waals surface area contributed by atoms with Crippen molar-refractivity contribution in [2.45, 2.75) is 101 Å². The number of rotatable bonds is 34. The number of aliphatic carboxylic acids is 6. The fourth-order valence-corrected chi connectivity index (χ4v) is 8.30. The lowest BCUT2D eigenvalue weighted by Crippen LogP contribution is -2.53. The van der Waals surface area contributed by atoms with Crippen LogP contribution in [0.1, 0.15) is 76.2 Å². The molecular weight excluding hydrogens is 1010 g/mol. The number of carbonyl (C=O) groups is 8. The van der Waals surface area contributed by atoms with Crippen molar-refractivity contribution in [3.05, 3.63) is 29.8 Å². The van der Waals surface area contributed by atoms with Crippen molar-refractivity contribution >= 4 is 71.3 Å². The van der Waals surface area contributed by atoms with Gasteiger partial charge in [-0.15, -0.1) is 0 Å². The van der Waals surface area contributed by atoms with Crippen LogP contribution in [0.4, 0.5) is 28.3 Å². The van der Waals surface area contributed by atoms with Crippen molar-refractivity contribution in [1.82, 2.24) is 50.5 Å². The van der Waals surface area contributed by atoms with Gasteiger partial charge in [-0.25, -0.2) is 14.4 Å². The predicted molar refractivity (Wildman–Crippen MR) is 278 cm³/mol. The van der Waals surface area contributed by atoms with Gasteiger partial charge >= 0.3 is 41.8 Å². The number of carboxylic acid groups (broad SMARTS) is 6. The summed E-state index contributed by atoms with van der Waals surface area (Å²) in [6.45, 7) is 0.702. The van der Waals surface area contributed by atoms with Crippen LogP contribution in [0.3, 0.4) is 0 Å². The van der Waals surface area contributed by atoms with Crippen LogP contribution in [-0.2, 0) is 40.0 Å². The third kappa shape index (κ3) is 27.5. The molecule has 0 bridgehead atoms. The molecule has 1 aliphatic rings. The second-order valence-corrected chi connectivity index (χ2v) is 18.9. The third-order valence-corrected chi connectivity index (χ3v) is 12.3. The number of nitrogens with zero attached hydrogens (tertiary/aromatic N) is 8. The molecule has 1 fully saturated rings. The minimum Gasteiger partial charge on any atom is -0.480 e. The van der Waals surface area contributed by atoms with Gasteiger partial charge in [0.25, 0.3) is 0 Å². The second kappa shape index (κ2) is 34.6. The zero-order valence-electron chi connectivity index (χ0n) is 43.7. The van der Waals surface area contributed by atoms with E-state index in [1.54, 1.807) is 50.7 Å². The van der Waals surface area contributed by atoms with E-state index >= 15 is 0 Å². The minimum atomic E-state index is -1.76. The molecule has 2 heterocycles. The molecule has 0 saturated carbocycles. The Labute approximate surface area is 446 Å². The molecule has 1 aromatic heterocycles. The smallest absolute Gasteiger partial charge is 0.326 e. The number of carboxylic acids is 6. The zero-order valence-corrected chi connectivity index (χ0v) is 43.7. The van der Waals surface area contributed by atoms with Crippen LogP contribution in [0.25, 0.3) is 0 Å². The Kier molecular flexibility index (Phi) is 28.8. The van der Waals surface area contributed by atoms with E-state index in [1.807, 2.05) is 12.1 Å². The summed E-state index contributed by atoms with van der Waals surface area (Å²) >= 11 is 0. The number of unbranched alkanes of at least 4 members (excludes halogenated alkanes) is 5. The first kappa shape index (κ1) is 64.2. The number of carbonyl (C=O) groups excluding carboxylic acids is 2.